The molecule has 0 unspecified atom stereocenters. The third-order valence-electron chi connectivity index (χ3n) is 4.42. The van der Waals surface area contributed by atoms with E-state index in [9.17, 15) is 4.79 Å². The van der Waals surface area contributed by atoms with Crippen molar-refractivity contribution in [3.8, 4) is 11.5 Å². The maximum atomic E-state index is 12.2. The van der Waals surface area contributed by atoms with E-state index < -0.39 is 5.60 Å². The second-order valence-corrected chi connectivity index (χ2v) is 6.11. The van der Waals surface area contributed by atoms with Crippen LogP contribution in [-0.2, 0) is 15.1 Å². The van der Waals surface area contributed by atoms with Gasteiger partial charge in [-0.2, -0.15) is 0 Å². The maximum absolute atomic E-state index is 12.2. The van der Waals surface area contributed by atoms with E-state index in [1.54, 1.807) is 20.3 Å². The Morgan fingerprint density at radius 3 is 1.52 bits per heavy atom. The lowest BCUT2D eigenvalue weighted by molar-refractivity contribution is -0.150. The molecule has 4 nitrogen and oxygen atoms in total. The molecule has 0 saturated carbocycles. The average molecular weight is 362 g/mol. The number of carbonyl (C=O) groups excluding carboxylic acids is 1. The fourth-order valence-corrected chi connectivity index (χ4v) is 3.25. The summed E-state index contributed by atoms with van der Waals surface area (Å²) in [4.78, 5) is 12.2. The average Bonchev–Trinajstić information content (AvgIpc) is 2.72. The zero-order valence-electron chi connectivity index (χ0n) is 15.6. The van der Waals surface area contributed by atoms with E-state index in [4.69, 9.17) is 14.2 Å². The number of hydrogen-bond acceptors (Lipinski definition) is 4. The second kappa shape index (κ2) is 7.96. The second-order valence-electron chi connectivity index (χ2n) is 6.11. The molecule has 0 aromatic heterocycles. The van der Waals surface area contributed by atoms with Crippen LogP contribution in [0.15, 0.2) is 78.9 Å². The van der Waals surface area contributed by atoms with Gasteiger partial charge < -0.3 is 14.2 Å². The Bertz CT molecular complexity index is 842. The SMILES string of the molecule is COc1cc(OC)cc(C(OC(C)=O)(c2ccccc2)c2ccccc2)c1. The van der Waals surface area contributed by atoms with Crippen LogP contribution in [0.1, 0.15) is 23.6 Å². The van der Waals surface area contributed by atoms with E-state index in [1.807, 2.05) is 72.8 Å². The highest BCUT2D eigenvalue weighted by molar-refractivity contribution is 5.69. The molecule has 0 aliphatic rings. The Balaban J connectivity index is 2.38. The lowest BCUT2D eigenvalue weighted by Crippen LogP contribution is -2.34. The van der Waals surface area contributed by atoms with Crippen LogP contribution in [0.5, 0.6) is 11.5 Å². The molecule has 0 amide bonds. The van der Waals surface area contributed by atoms with Gasteiger partial charge in [0.05, 0.1) is 14.2 Å². The van der Waals surface area contributed by atoms with Gasteiger partial charge in [0.2, 0.25) is 0 Å². The fraction of sp³-hybridized carbons (Fsp3) is 0.174. The maximum Gasteiger partial charge on any atom is 0.304 e. The zero-order valence-corrected chi connectivity index (χ0v) is 15.6. The van der Waals surface area contributed by atoms with Gasteiger partial charge in [0.1, 0.15) is 11.5 Å². The van der Waals surface area contributed by atoms with Crippen molar-refractivity contribution < 1.29 is 19.0 Å². The summed E-state index contributed by atoms with van der Waals surface area (Å²) in [5.41, 5.74) is 1.28. The molecule has 0 saturated heterocycles. The number of carbonyl (C=O) groups is 1. The first kappa shape index (κ1) is 18.5. The molecule has 0 N–H and O–H groups in total. The quantitative estimate of drug-likeness (QED) is 0.476. The Labute approximate surface area is 159 Å². The van der Waals surface area contributed by atoms with Crippen LogP contribution in [0.25, 0.3) is 0 Å². The first-order valence-corrected chi connectivity index (χ1v) is 8.64. The van der Waals surface area contributed by atoms with Crippen LogP contribution < -0.4 is 9.47 Å². The molecule has 0 aliphatic carbocycles. The third kappa shape index (κ3) is 3.65. The zero-order chi connectivity index (χ0) is 19.3. The molecule has 138 valence electrons. The number of rotatable bonds is 6. The minimum absolute atomic E-state index is 0.385. The van der Waals surface area contributed by atoms with Crippen LogP contribution in [0.3, 0.4) is 0 Å². The highest BCUT2D eigenvalue weighted by atomic mass is 16.6. The smallest absolute Gasteiger partial charge is 0.304 e. The van der Waals surface area contributed by atoms with Crippen molar-refractivity contribution in [3.63, 3.8) is 0 Å². The standard InChI is InChI=1S/C23H22O4/c1-17(24)27-23(18-10-6-4-7-11-18,19-12-8-5-9-13-19)20-14-21(25-2)16-22(15-20)26-3/h4-16H,1-3H3. The molecule has 0 heterocycles. The van der Waals surface area contributed by atoms with Crippen molar-refractivity contribution in [1.82, 2.24) is 0 Å². The lowest BCUT2D eigenvalue weighted by Gasteiger charge is -2.35. The predicted molar refractivity (Wildman–Crippen MR) is 104 cm³/mol. The van der Waals surface area contributed by atoms with E-state index in [2.05, 4.69) is 0 Å². The van der Waals surface area contributed by atoms with Gasteiger partial charge in [-0.15, -0.1) is 0 Å². The van der Waals surface area contributed by atoms with Crippen molar-refractivity contribution in [3.05, 3.63) is 95.6 Å². The lowest BCUT2D eigenvalue weighted by atomic mass is 9.80. The van der Waals surface area contributed by atoms with Gasteiger partial charge in [0.25, 0.3) is 0 Å². The van der Waals surface area contributed by atoms with E-state index in [0.717, 1.165) is 16.7 Å². The number of esters is 1. The summed E-state index contributed by atoms with van der Waals surface area (Å²) in [5, 5.41) is 0. The summed E-state index contributed by atoms with van der Waals surface area (Å²) in [5.74, 6) is 0.852. The van der Waals surface area contributed by atoms with Crippen LogP contribution in [0.2, 0.25) is 0 Å². The summed E-state index contributed by atoms with van der Waals surface area (Å²) >= 11 is 0. The molecular formula is C23H22O4. The van der Waals surface area contributed by atoms with Crippen LogP contribution >= 0.6 is 0 Å². The Kier molecular flexibility index (Phi) is 5.46. The third-order valence-corrected chi connectivity index (χ3v) is 4.42. The van der Waals surface area contributed by atoms with E-state index >= 15 is 0 Å². The van der Waals surface area contributed by atoms with Gasteiger partial charge in [0.15, 0.2) is 5.60 Å². The molecule has 0 bridgehead atoms. The van der Waals surface area contributed by atoms with Crippen molar-refractivity contribution >= 4 is 5.97 Å². The summed E-state index contributed by atoms with van der Waals surface area (Å²) in [7, 11) is 3.19. The topological polar surface area (TPSA) is 44.8 Å². The van der Waals surface area contributed by atoms with Crippen molar-refractivity contribution in [2.24, 2.45) is 0 Å². The minimum Gasteiger partial charge on any atom is -0.497 e. The van der Waals surface area contributed by atoms with Crippen LogP contribution in [0.4, 0.5) is 0 Å². The van der Waals surface area contributed by atoms with Crippen molar-refractivity contribution in [2.45, 2.75) is 12.5 Å². The van der Waals surface area contributed by atoms with E-state index in [1.165, 1.54) is 6.92 Å². The molecule has 0 atom stereocenters. The molecule has 0 aliphatic heterocycles. The number of methoxy groups -OCH3 is 2. The van der Waals surface area contributed by atoms with Crippen molar-refractivity contribution in [2.75, 3.05) is 14.2 Å². The monoisotopic (exact) mass is 362 g/mol. The van der Waals surface area contributed by atoms with Gasteiger partial charge in [-0.25, -0.2) is 0 Å². The van der Waals surface area contributed by atoms with Gasteiger partial charge in [-0.05, 0) is 12.1 Å². The predicted octanol–water partition coefficient (Wildman–Crippen LogP) is 4.56. The Morgan fingerprint density at radius 1 is 0.704 bits per heavy atom. The van der Waals surface area contributed by atoms with Crippen molar-refractivity contribution in [1.29, 1.82) is 0 Å². The van der Waals surface area contributed by atoms with E-state index in [-0.39, 0.29) is 5.97 Å². The first-order chi connectivity index (χ1) is 13.1. The molecule has 0 radical (unpaired) electrons. The van der Waals surface area contributed by atoms with Crippen LogP contribution in [-0.4, -0.2) is 20.2 Å². The van der Waals surface area contributed by atoms with Crippen LogP contribution in [0, 0.1) is 0 Å². The molecule has 4 heteroatoms. The summed E-state index contributed by atoms with van der Waals surface area (Å²) in [6, 6.07) is 24.9. The Hall–Kier alpha value is -3.27. The molecule has 27 heavy (non-hydrogen) atoms. The van der Waals surface area contributed by atoms with Gasteiger partial charge in [-0.1, -0.05) is 60.7 Å². The summed E-state index contributed by atoms with van der Waals surface area (Å²) in [6.07, 6.45) is 0. The molecule has 0 spiro atoms. The minimum atomic E-state index is -1.13. The molecular weight excluding hydrogens is 340 g/mol. The molecule has 0 fully saturated rings. The van der Waals surface area contributed by atoms with Gasteiger partial charge in [0, 0.05) is 29.7 Å². The van der Waals surface area contributed by atoms with E-state index in [0.29, 0.717) is 11.5 Å². The Morgan fingerprint density at radius 2 is 1.15 bits per heavy atom. The highest BCUT2D eigenvalue weighted by Crippen LogP contribution is 2.43. The van der Waals surface area contributed by atoms with Gasteiger partial charge in [-0.3, -0.25) is 4.79 Å². The largest absolute Gasteiger partial charge is 0.497 e. The van der Waals surface area contributed by atoms with Gasteiger partial charge >= 0.3 is 5.97 Å². The normalized spacial score (nSPS) is 10.9. The molecule has 3 aromatic rings. The first-order valence-electron chi connectivity index (χ1n) is 8.64. The number of hydrogen-bond donors (Lipinski definition) is 0. The number of ether oxygens (including phenoxy) is 3. The fourth-order valence-electron chi connectivity index (χ4n) is 3.25. The summed E-state index contributed by atoms with van der Waals surface area (Å²) < 4.78 is 16.9. The molecule has 3 rings (SSSR count). The highest BCUT2D eigenvalue weighted by Gasteiger charge is 2.40. The summed E-state index contributed by atoms with van der Waals surface area (Å²) in [6.45, 7) is 1.41. The molecule has 3 aromatic carbocycles. The number of benzene rings is 3.